The van der Waals surface area contributed by atoms with Crippen molar-refractivity contribution < 1.29 is 14.8 Å². The van der Waals surface area contributed by atoms with E-state index in [0.29, 0.717) is 0 Å². The Bertz CT molecular complexity index is 453. The maximum Gasteiger partial charge on any atom is 0.328 e. The number of hydrogen-bond acceptors (Lipinski definition) is 3. The quantitative estimate of drug-likeness (QED) is 0.121. The third-order valence-corrected chi connectivity index (χ3v) is 3.98. The highest BCUT2D eigenvalue weighted by Crippen LogP contribution is 2.12. The first kappa shape index (κ1) is 23.1. The molecule has 0 atom stereocenters. The number of allylic oxidation sites excluding steroid dienone is 4. The van der Waals surface area contributed by atoms with Gasteiger partial charge in [0.05, 0.1) is 4.92 Å². The van der Waals surface area contributed by atoms with Gasteiger partial charge in [0.25, 0.3) is 5.70 Å². The molecule has 25 heavy (non-hydrogen) atoms. The predicted octanol–water partition coefficient (Wildman–Crippen LogP) is 6.05. The standard InChI is InChI=1S/C20H33NO4/c1-2-3-4-5-6-7-8-9-10-11-12-13-14-16-19(21(24)25)17-15-18-20(22)23/h14-18H,2-13H2,1H3,(H,22,23). The largest absolute Gasteiger partial charge is 0.478 e. The molecule has 0 fully saturated rings. The molecule has 0 spiro atoms. The summed E-state index contributed by atoms with van der Waals surface area (Å²) in [5.74, 6) is -1.12. The molecule has 5 heteroatoms. The Morgan fingerprint density at radius 2 is 1.44 bits per heavy atom. The molecule has 0 saturated heterocycles. The normalized spacial score (nSPS) is 12.3. The van der Waals surface area contributed by atoms with Gasteiger partial charge in [-0.3, -0.25) is 10.1 Å². The highest BCUT2D eigenvalue weighted by molar-refractivity contribution is 5.80. The second kappa shape index (κ2) is 16.9. The van der Waals surface area contributed by atoms with Crippen molar-refractivity contribution in [3.8, 4) is 0 Å². The molecular weight excluding hydrogens is 318 g/mol. The van der Waals surface area contributed by atoms with Crippen molar-refractivity contribution in [1.82, 2.24) is 0 Å². The summed E-state index contributed by atoms with van der Waals surface area (Å²) in [6.07, 6.45) is 21.4. The Labute approximate surface area is 151 Å². The average Bonchev–Trinajstić information content (AvgIpc) is 2.56. The lowest BCUT2D eigenvalue weighted by molar-refractivity contribution is -0.419. The maximum atomic E-state index is 10.8. The van der Waals surface area contributed by atoms with E-state index in [1.54, 1.807) is 6.08 Å². The van der Waals surface area contributed by atoms with E-state index >= 15 is 0 Å². The van der Waals surface area contributed by atoms with Crippen LogP contribution in [0.3, 0.4) is 0 Å². The SMILES string of the molecule is CCCCCCCCCCCCCC=CC(=CC=CC(=O)O)[N+](=O)[O-]. The monoisotopic (exact) mass is 351 g/mol. The molecule has 0 rings (SSSR count). The zero-order valence-corrected chi connectivity index (χ0v) is 15.5. The third kappa shape index (κ3) is 16.7. The average molecular weight is 351 g/mol. The zero-order valence-electron chi connectivity index (χ0n) is 15.5. The van der Waals surface area contributed by atoms with Crippen molar-refractivity contribution in [3.63, 3.8) is 0 Å². The number of nitro groups is 1. The Morgan fingerprint density at radius 1 is 0.920 bits per heavy atom. The minimum Gasteiger partial charge on any atom is -0.478 e. The number of unbranched alkanes of at least 4 members (excludes halogenated alkanes) is 11. The first-order valence-corrected chi connectivity index (χ1v) is 9.50. The molecule has 0 saturated carbocycles. The molecule has 1 N–H and O–H groups in total. The van der Waals surface area contributed by atoms with Crippen LogP contribution in [0, 0.1) is 10.1 Å². The van der Waals surface area contributed by atoms with Crippen LogP contribution in [0.1, 0.15) is 84.0 Å². The van der Waals surface area contributed by atoms with Crippen LogP contribution < -0.4 is 0 Å². The molecule has 0 unspecified atom stereocenters. The summed E-state index contributed by atoms with van der Waals surface area (Å²) in [4.78, 5) is 20.7. The van der Waals surface area contributed by atoms with Gasteiger partial charge >= 0.3 is 5.97 Å². The van der Waals surface area contributed by atoms with Gasteiger partial charge in [0.15, 0.2) is 0 Å². The van der Waals surface area contributed by atoms with Gasteiger partial charge in [-0.2, -0.15) is 0 Å². The number of nitrogens with zero attached hydrogens (tertiary/aromatic N) is 1. The van der Waals surface area contributed by atoms with Crippen molar-refractivity contribution in [2.75, 3.05) is 0 Å². The second-order valence-corrected chi connectivity index (χ2v) is 6.27. The van der Waals surface area contributed by atoms with Gasteiger partial charge in [0.2, 0.25) is 0 Å². The van der Waals surface area contributed by atoms with Crippen LogP contribution in [0.5, 0.6) is 0 Å². The number of aliphatic carboxylic acids is 1. The Hall–Kier alpha value is -1.91. The molecule has 0 aromatic carbocycles. The van der Waals surface area contributed by atoms with Gasteiger partial charge in [-0.1, -0.05) is 77.2 Å². The topological polar surface area (TPSA) is 80.4 Å². The third-order valence-electron chi connectivity index (χ3n) is 3.98. The summed E-state index contributed by atoms with van der Waals surface area (Å²) < 4.78 is 0. The van der Waals surface area contributed by atoms with Gasteiger partial charge in [-0.15, -0.1) is 0 Å². The van der Waals surface area contributed by atoms with E-state index in [1.165, 1.54) is 76.0 Å². The summed E-state index contributed by atoms with van der Waals surface area (Å²) in [7, 11) is 0. The van der Waals surface area contributed by atoms with E-state index in [9.17, 15) is 14.9 Å². The fourth-order valence-corrected chi connectivity index (χ4v) is 2.54. The van der Waals surface area contributed by atoms with E-state index < -0.39 is 10.9 Å². The lowest BCUT2D eigenvalue weighted by Crippen LogP contribution is -1.95. The summed E-state index contributed by atoms with van der Waals surface area (Å²) in [5, 5.41) is 19.3. The van der Waals surface area contributed by atoms with Crippen LogP contribution >= 0.6 is 0 Å². The smallest absolute Gasteiger partial charge is 0.328 e. The molecule has 0 amide bonds. The van der Waals surface area contributed by atoms with Gasteiger partial charge < -0.3 is 5.11 Å². The molecule has 0 aliphatic heterocycles. The molecule has 142 valence electrons. The van der Waals surface area contributed by atoms with Gasteiger partial charge in [0, 0.05) is 18.2 Å². The first-order chi connectivity index (χ1) is 12.1. The molecular formula is C20H33NO4. The fourth-order valence-electron chi connectivity index (χ4n) is 2.54. The number of carbonyl (C=O) groups is 1. The molecule has 0 radical (unpaired) electrons. The molecule has 0 bridgehead atoms. The molecule has 0 aromatic rings. The van der Waals surface area contributed by atoms with Crippen molar-refractivity contribution in [3.05, 3.63) is 46.2 Å². The maximum absolute atomic E-state index is 10.8. The van der Waals surface area contributed by atoms with Crippen LogP contribution in [-0.2, 0) is 4.79 Å². The molecule has 0 aliphatic rings. The molecule has 0 aromatic heterocycles. The lowest BCUT2D eigenvalue weighted by atomic mass is 10.1. The van der Waals surface area contributed by atoms with Gasteiger partial charge in [0.1, 0.15) is 0 Å². The highest BCUT2D eigenvalue weighted by atomic mass is 16.6. The van der Waals surface area contributed by atoms with Crippen molar-refractivity contribution >= 4 is 5.97 Å². The summed E-state index contributed by atoms with van der Waals surface area (Å²) >= 11 is 0. The molecule has 0 heterocycles. The van der Waals surface area contributed by atoms with Crippen LogP contribution in [0.25, 0.3) is 0 Å². The first-order valence-electron chi connectivity index (χ1n) is 9.50. The summed E-state index contributed by atoms with van der Waals surface area (Å²) in [6.45, 7) is 2.24. The molecule has 0 aliphatic carbocycles. The van der Waals surface area contributed by atoms with Crippen molar-refractivity contribution in [2.24, 2.45) is 0 Å². The van der Waals surface area contributed by atoms with E-state index in [1.807, 2.05) is 0 Å². The minimum absolute atomic E-state index is 0.0967. The predicted molar refractivity (Wildman–Crippen MR) is 102 cm³/mol. The zero-order chi connectivity index (χ0) is 18.8. The summed E-state index contributed by atoms with van der Waals surface area (Å²) in [6, 6.07) is 0. The minimum atomic E-state index is -1.12. The Kier molecular flexibility index (Phi) is 15.6. The fraction of sp³-hybridized carbons (Fsp3) is 0.650. The summed E-state index contributed by atoms with van der Waals surface area (Å²) in [5.41, 5.74) is -0.0967. The van der Waals surface area contributed by atoms with E-state index in [-0.39, 0.29) is 5.70 Å². The van der Waals surface area contributed by atoms with Crippen LogP contribution in [-0.4, -0.2) is 16.0 Å². The Balaban J connectivity index is 3.69. The van der Waals surface area contributed by atoms with Crippen LogP contribution in [0.4, 0.5) is 0 Å². The molecule has 5 nitrogen and oxygen atoms in total. The number of carboxylic acids is 1. The number of hydrogen-bond donors (Lipinski definition) is 1. The number of carboxylic acid groups (broad SMARTS) is 1. The van der Waals surface area contributed by atoms with Gasteiger partial charge in [-0.05, 0) is 18.9 Å². The van der Waals surface area contributed by atoms with Crippen molar-refractivity contribution in [1.29, 1.82) is 0 Å². The number of rotatable bonds is 16. The lowest BCUT2D eigenvalue weighted by Gasteiger charge is -2.01. The second-order valence-electron chi connectivity index (χ2n) is 6.27. The van der Waals surface area contributed by atoms with E-state index in [4.69, 9.17) is 5.11 Å². The van der Waals surface area contributed by atoms with E-state index in [2.05, 4.69) is 6.92 Å². The van der Waals surface area contributed by atoms with Gasteiger partial charge in [-0.25, -0.2) is 4.79 Å². The van der Waals surface area contributed by atoms with Crippen molar-refractivity contribution in [2.45, 2.75) is 84.0 Å². The van der Waals surface area contributed by atoms with Crippen LogP contribution in [0.2, 0.25) is 0 Å². The Morgan fingerprint density at radius 3 is 1.92 bits per heavy atom. The van der Waals surface area contributed by atoms with E-state index in [0.717, 1.165) is 25.3 Å². The highest BCUT2D eigenvalue weighted by Gasteiger charge is 2.03. The van der Waals surface area contributed by atoms with Crippen LogP contribution in [0.15, 0.2) is 36.1 Å².